The van der Waals surface area contributed by atoms with Gasteiger partial charge in [0.05, 0.1) is 16.8 Å². The van der Waals surface area contributed by atoms with Crippen molar-refractivity contribution >= 4 is 5.97 Å². The summed E-state index contributed by atoms with van der Waals surface area (Å²) in [6.07, 6.45) is -1.22. The van der Waals surface area contributed by atoms with E-state index >= 15 is 0 Å². The van der Waals surface area contributed by atoms with Crippen LogP contribution in [0.15, 0.2) is 30.5 Å². The Morgan fingerprint density at radius 2 is 2.08 bits per heavy atom. The molecule has 8 heteroatoms. The van der Waals surface area contributed by atoms with Crippen molar-refractivity contribution < 1.29 is 27.8 Å². The van der Waals surface area contributed by atoms with Gasteiger partial charge in [0.1, 0.15) is 0 Å². The molecule has 0 saturated carbocycles. The average molecular weight is 340 g/mol. The van der Waals surface area contributed by atoms with Crippen molar-refractivity contribution in [3.63, 3.8) is 0 Å². The fraction of sp³-hybridized carbons (Fsp3) is 0.375. The summed E-state index contributed by atoms with van der Waals surface area (Å²) < 4.78 is 47.0. The van der Waals surface area contributed by atoms with Crippen LogP contribution >= 0.6 is 0 Å². The Morgan fingerprint density at radius 3 is 2.71 bits per heavy atom. The first-order chi connectivity index (χ1) is 11.4. The molecule has 1 fully saturated rings. The van der Waals surface area contributed by atoms with Gasteiger partial charge in [-0.25, -0.2) is 9.48 Å². The highest BCUT2D eigenvalue weighted by molar-refractivity contribution is 5.89. The molecule has 0 bridgehead atoms. The van der Waals surface area contributed by atoms with Crippen LogP contribution in [-0.2, 0) is 10.9 Å². The molecule has 1 aromatic carbocycles. The topological polar surface area (TPSA) is 64.3 Å². The normalized spacial score (nSPS) is 18.5. The molecular weight excluding hydrogens is 325 g/mol. The molecule has 0 aliphatic carbocycles. The Labute approximate surface area is 135 Å². The molecule has 1 atom stereocenters. The fourth-order valence-corrected chi connectivity index (χ4v) is 2.81. The molecule has 2 aromatic rings. The molecule has 3 rings (SSSR count). The van der Waals surface area contributed by atoms with Crippen molar-refractivity contribution in [1.29, 1.82) is 0 Å². The number of carboxylic acids is 1. The van der Waals surface area contributed by atoms with Crippen LogP contribution in [0.1, 0.15) is 41.4 Å². The zero-order valence-electron chi connectivity index (χ0n) is 12.6. The van der Waals surface area contributed by atoms with E-state index in [-0.39, 0.29) is 16.8 Å². The second kappa shape index (κ2) is 6.27. The predicted octanol–water partition coefficient (Wildman–Crippen LogP) is 3.97. The summed E-state index contributed by atoms with van der Waals surface area (Å²) in [4.78, 5) is 11.1. The monoisotopic (exact) mass is 340 g/mol. The molecule has 5 nitrogen and oxygen atoms in total. The molecule has 24 heavy (non-hydrogen) atoms. The van der Waals surface area contributed by atoms with Crippen LogP contribution < -0.4 is 0 Å². The van der Waals surface area contributed by atoms with Crippen molar-refractivity contribution in [2.24, 2.45) is 0 Å². The summed E-state index contributed by atoms with van der Waals surface area (Å²) in [7, 11) is 0. The van der Waals surface area contributed by atoms with Crippen LogP contribution in [0.4, 0.5) is 13.2 Å². The first-order valence-corrected chi connectivity index (χ1v) is 7.48. The highest BCUT2D eigenvalue weighted by Crippen LogP contribution is 2.39. The molecule has 1 N–H and O–H groups in total. The van der Waals surface area contributed by atoms with Gasteiger partial charge >= 0.3 is 12.1 Å². The van der Waals surface area contributed by atoms with Crippen molar-refractivity contribution in [2.75, 3.05) is 6.61 Å². The van der Waals surface area contributed by atoms with Gasteiger partial charge in [0.2, 0.25) is 0 Å². The highest BCUT2D eigenvalue weighted by atomic mass is 19.4. The maximum Gasteiger partial charge on any atom is 0.417 e. The lowest BCUT2D eigenvalue weighted by atomic mass is 10.0. The fourth-order valence-electron chi connectivity index (χ4n) is 2.81. The van der Waals surface area contributed by atoms with E-state index in [4.69, 9.17) is 9.84 Å². The lowest BCUT2D eigenvalue weighted by Crippen LogP contribution is -2.20. The van der Waals surface area contributed by atoms with Crippen LogP contribution in [-0.4, -0.2) is 27.5 Å². The lowest BCUT2D eigenvalue weighted by molar-refractivity contribution is -0.137. The number of carboxylic acid groups (broad SMARTS) is 1. The smallest absolute Gasteiger partial charge is 0.417 e. The number of benzene rings is 1. The van der Waals surface area contributed by atoms with Crippen LogP contribution in [0.5, 0.6) is 0 Å². The number of aromatic carboxylic acids is 1. The zero-order valence-corrected chi connectivity index (χ0v) is 12.6. The zero-order chi connectivity index (χ0) is 17.3. The van der Waals surface area contributed by atoms with Crippen LogP contribution in [0.25, 0.3) is 11.3 Å². The Bertz CT molecular complexity index is 749. The first kappa shape index (κ1) is 16.5. The maximum atomic E-state index is 13.3. The predicted molar refractivity (Wildman–Crippen MR) is 78.5 cm³/mol. The molecular formula is C16H15F3N2O3. The second-order valence-corrected chi connectivity index (χ2v) is 5.55. The van der Waals surface area contributed by atoms with Crippen molar-refractivity contribution in [1.82, 2.24) is 9.78 Å². The highest BCUT2D eigenvalue weighted by Gasteiger charge is 2.35. The number of hydrogen-bond donors (Lipinski definition) is 1. The van der Waals surface area contributed by atoms with Gasteiger partial charge in [0.15, 0.2) is 6.23 Å². The third-order valence-corrected chi connectivity index (χ3v) is 3.95. The van der Waals surface area contributed by atoms with Gasteiger partial charge in [0.25, 0.3) is 0 Å². The number of carbonyl (C=O) groups is 1. The molecule has 0 radical (unpaired) electrons. The molecule has 2 heterocycles. The molecule has 1 unspecified atom stereocenters. The Hall–Kier alpha value is -2.35. The van der Waals surface area contributed by atoms with E-state index in [0.29, 0.717) is 13.0 Å². The third kappa shape index (κ3) is 3.14. The Morgan fingerprint density at radius 1 is 1.29 bits per heavy atom. The Kier molecular flexibility index (Phi) is 4.31. The van der Waals surface area contributed by atoms with Gasteiger partial charge in [0, 0.05) is 18.4 Å². The van der Waals surface area contributed by atoms with Gasteiger partial charge in [-0.2, -0.15) is 18.3 Å². The van der Waals surface area contributed by atoms with Crippen LogP contribution in [0.3, 0.4) is 0 Å². The van der Waals surface area contributed by atoms with E-state index in [1.807, 2.05) is 0 Å². The second-order valence-electron chi connectivity index (χ2n) is 5.55. The maximum absolute atomic E-state index is 13.3. The van der Waals surface area contributed by atoms with E-state index in [0.717, 1.165) is 31.0 Å². The Balaban J connectivity index is 2.13. The molecule has 0 spiro atoms. The molecule has 0 amide bonds. The van der Waals surface area contributed by atoms with Gasteiger partial charge in [-0.3, -0.25) is 0 Å². The average Bonchev–Trinajstić information content (AvgIpc) is 3.03. The molecule has 1 aromatic heterocycles. The number of alkyl halides is 3. The summed E-state index contributed by atoms with van der Waals surface area (Å²) >= 11 is 0. The quantitative estimate of drug-likeness (QED) is 0.918. The first-order valence-electron chi connectivity index (χ1n) is 7.48. The van der Waals surface area contributed by atoms with Gasteiger partial charge < -0.3 is 9.84 Å². The van der Waals surface area contributed by atoms with Crippen LogP contribution in [0.2, 0.25) is 0 Å². The SMILES string of the molecule is O=C(O)c1ccc(C(F)(F)F)c(-c2ccnn2C2CCCCO2)c1. The van der Waals surface area contributed by atoms with Crippen molar-refractivity contribution in [3.05, 3.63) is 41.6 Å². The lowest BCUT2D eigenvalue weighted by Gasteiger charge is -2.25. The third-order valence-electron chi connectivity index (χ3n) is 3.95. The summed E-state index contributed by atoms with van der Waals surface area (Å²) in [6, 6.07) is 4.21. The summed E-state index contributed by atoms with van der Waals surface area (Å²) in [5, 5.41) is 13.2. The molecule has 1 aliphatic heterocycles. The van der Waals surface area contributed by atoms with Gasteiger partial charge in [-0.05, 0) is 43.5 Å². The molecule has 1 aliphatic rings. The number of nitrogens with zero attached hydrogens (tertiary/aromatic N) is 2. The van der Waals surface area contributed by atoms with E-state index in [1.165, 1.54) is 16.9 Å². The summed E-state index contributed by atoms with van der Waals surface area (Å²) in [5.74, 6) is -1.29. The van der Waals surface area contributed by atoms with Crippen LogP contribution in [0, 0.1) is 0 Å². The number of aromatic nitrogens is 2. The minimum atomic E-state index is -4.60. The van der Waals surface area contributed by atoms with E-state index in [2.05, 4.69) is 5.10 Å². The number of halogens is 3. The van der Waals surface area contributed by atoms with Crippen molar-refractivity contribution in [2.45, 2.75) is 31.7 Å². The van der Waals surface area contributed by atoms with Gasteiger partial charge in [-0.1, -0.05) is 0 Å². The number of rotatable bonds is 3. The van der Waals surface area contributed by atoms with E-state index in [1.54, 1.807) is 0 Å². The van der Waals surface area contributed by atoms with E-state index in [9.17, 15) is 18.0 Å². The van der Waals surface area contributed by atoms with Gasteiger partial charge in [-0.15, -0.1) is 0 Å². The molecule has 1 saturated heterocycles. The van der Waals surface area contributed by atoms with E-state index < -0.39 is 23.9 Å². The largest absolute Gasteiger partial charge is 0.478 e. The minimum absolute atomic E-state index is 0.192. The number of ether oxygens (including phenoxy) is 1. The summed E-state index contributed by atoms with van der Waals surface area (Å²) in [6.45, 7) is 0.519. The summed E-state index contributed by atoms with van der Waals surface area (Å²) in [5.41, 5.74) is -1.13. The minimum Gasteiger partial charge on any atom is -0.478 e. The standard InChI is InChI=1S/C16H15F3N2O3/c17-16(18,19)12-5-4-10(15(22)23)9-11(12)13-6-7-20-21(13)14-3-1-2-8-24-14/h4-7,9,14H,1-3,8H2,(H,22,23). The number of hydrogen-bond acceptors (Lipinski definition) is 3. The molecule has 128 valence electrons. The van der Waals surface area contributed by atoms with Crippen molar-refractivity contribution in [3.8, 4) is 11.3 Å².